The van der Waals surface area contributed by atoms with Crippen molar-refractivity contribution in [2.75, 3.05) is 31.1 Å². The Kier molecular flexibility index (Phi) is 3.90. The minimum absolute atomic E-state index is 0.142. The number of thiophene rings is 1. The summed E-state index contributed by atoms with van der Waals surface area (Å²) in [5, 5.41) is 1.07. The summed E-state index contributed by atoms with van der Waals surface area (Å²) < 4.78 is 1.18. The smallest absolute Gasteiger partial charge is 0.255 e. The van der Waals surface area contributed by atoms with Crippen LogP contribution >= 0.6 is 11.3 Å². The number of anilines is 1. The molecule has 3 aromatic rings. The van der Waals surface area contributed by atoms with Gasteiger partial charge in [0.05, 0.1) is 11.8 Å². The van der Waals surface area contributed by atoms with Crippen LogP contribution in [0.25, 0.3) is 10.1 Å². The molecule has 1 aliphatic heterocycles. The maximum Gasteiger partial charge on any atom is 0.255 e. The molecule has 1 aliphatic rings. The highest BCUT2D eigenvalue weighted by atomic mass is 32.1. The number of hydrogen-bond donors (Lipinski definition) is 0. The molecule has 0 bridgehead atoms. The molecule has 0 saturated carbocycles. The lowest BCUT2D eigenvalue weighted by molar-refractivity contribution is 0.0748. The highest BCUT2D eigenvalue weighted by Gasteiger charge is 2.26. The van der Waals surface area contributed by atoms with Crippen molar-refractivity contribution < 1.29 is 4.79 Å². The van der Waals surface area contributed by atoms with E-state index < -0.39 is 0 Å². The van der Waals surface area contributed by atoms with Crippen molar-refractivity contribution in [1.82, 2.24) is 14.9 Å². The van der Waals surface area contributed by atoms with Crippen molar-refractivity contribution in [3.8, 4) is 0 Å². The Morgan fingerprint density at radius 3 is 2.67 bits per heavy atom. The van der Waals surface area contributed by atoms with E-state index >= 15 is 0 Å². The molecular formula is C18H18N4OS. The summed E-state index contributed by atoms with van der Waals surface area (Å²) >= 11 is 1.69. The van der Waals surface area contributed by atoms with Gasteiger partial charge in [-0.3, -0.25) is 9.78 Å². The Morgan fingerprint density at radius 2 is 1.92 bits per heavy atom. The number of carbonyl (C=O) groups is 1. The fourth-order valence-corrected chi connectivity index (χ4v) is 4.24. The maximum absolute atomic E-state index is 13.0. The number of amides is 1. The second-order valence-electron chi connectivity index (χ2n) is 5.87. The van der Waals surface area contributed by atoms with Crippen molar-refractivity contribution in [2.24, 2.45) is 0 Å². The number of aryl methyl sites for hydroxylation is 1. The molecule has 0 radical (unpaired) electrons. The van der Waals surface area contributed by atoms with E-state index in [-0.39, 0.29) is 5.91 Å². The molecule has 0 N–H and O–H groups in total. The lowest BCUT2D eigenvalue weighted by Gasteiger charge is -2.35. The number of benzene rings is 1. The molecule has 0 unspecified atom stereocenters. The Bertz CT molecular complexity index is 869. The van der Waals surface area contributed by atoms with Gasteiger partial charge in [-0.05, 0) is 13.0 Å². The standard InChI is InChI=1S/C18H18N4OS/c1-13-17(14-4-2-3-5-15(14)24-13)18(23)22-10-8-21(9-11-22)16-12-19-6-7-20-16/h2-7,12H,8-11H2,1H3. The van der Waals surface area contributed by atoms with Crippen molar-refractivity contribution in [2.45, 2.75) is 6.92 Å². The molecule has 5 nitrogen and oxygen atoms in total. The van der Waals surface area contributed by atoms with Crippen molar-refractivity contribution >= 4 is 33.1 Å². The van der Waals surface area contributed by atoms with Crippen LogP contribution in [-0.2, 0) is 0 Å². The molecule has 24 heavy (non-hydrogen) atoms. The zero-order valence-electron chi connectivity index (χ0n) is 13.5. The van der Waals surface area contributed by atoms with Crippen LogP contribution in [0.1, 0.15) is 15.2 Å². The van der Waals surface area contributed by atoms with Gasteiger partial charge in [0.2, 0.25) is 0 Å². The van der Waals surface area contributed by atoms with Crippen LogP contribution in [0, 0.1) is 6.92 Å². The number of fused-ring (bicyclic) bond motifs is 1. The summed E-state index contributed by atoms with van der Waals surface area (Å²) in [4.78, 5) is 26.7. The first kappa shape index (κ1) is 15.1. The van der Waals surface area contributed by atoms with Crippen LogP contribution in [0.4, 0.5) is 5.82 Å². The van der Waals surface area contributed by atoms with E-state index in [4.69, 9.17) is 0 Å². The predicted octanol–water partition coefficient (Wildman–Crippen LogP) is 2.96. The highest BCUT2D eigenvalue weighted by molar-refractivity contribution is 7.19. The van der Waals surface area contributed by atoms with Crippen LogP contribution in [0.3, 0.4) is 0 Å². The molecule has 1 fully saturated rings. The van der Waals surface area contributed by atoms with Gasteiger partial charge in [-0.25, -0.2) is 4.98 Å². The number of piperazine rings is 1. The first-order valence-electron chi connectivity index (χ1n) is 8.02. The predicted molar refractivity (Wildman–Crippen MR) is 96.7 cm³/mol. The van der Waals surface area contributed by atoms with E-state index in [1.807, 2.05) is 30.0 Å². The third kappa shape index (κ3) is 2.63. The maximum atomic E-state index is 13.0. The molecule has 3 heterocycles. The number of carbonyl (C=O) groups excluding carboxylic acids is 1. The summed E-state index contributed by atoms with van der Waals surface area (Å²) in [5.41, 5.74) is 0.864. The molecule has 2 aromatic heterocycles. The zero-order valence-corrected chi connectivity index (χ0v) is 14.3. The Balaban J connectivity index is 1.53. The average molecular weight is 338 g/mol. The number of rotatable bonds is 2. The van der Waals surface area contributed by atoms with Crippen molar-refractivity contribution in [3.05, 3.63) is 53.3 Å². The van der Waals surface area contributed by atoms with E-state index in [9.17, 15) is 4.79 Å². The lowest BCUT2D eigenvalue weighted by Crippen LogP contribution is -2.49. The number of nitrogens with zero attached hydrogens (tertiary/aromatic N) is 4. The van der Waals surface area contributed by atoms with Crippen LogP contribution < -0.4 is 4.90 Å². The molecule has 0 spiro atoms. The quantitative estimate of drug-likeness (QED) is 0.721. The lowest BCUT2D eigenvalue weighted by atomic mass is 10.1. The Hall–Kier alpha value is -2.47. The normalized spacial score (nSPS) is 15.0. The van der Waals surface area contributed by atoms with Gasteiger partial charge in [-0.15, -0.1) is 11.3 Å². The molecule has 6 heteroatoms. The monoisotopic (exact) mass is 338 g/mol. The summed E-state index contributed by atoms with van der Waals surface area (Å²) in [5.74, 6) is 1.02. The van der Waals surface area contributed by atoms with Crippen molar-refractivity contribution in [1.29, 1.82) is 0 Å². The highest BCUT2D eigenvalue weighted by Crippen LogP contribution is 2.31. The molecule has 1 saturated heterocycles. The van der Waals surface area contributed by atoms with Crippen LogP contribution in [0.5, 0.6) is 0 Å². The summed E-state index contributed by atoms with van der Waals surface area (Å²) in [7, 11) is 0. The summed E-state index contributed by atoms with van der Waals surface area (Å²) in [6, 6.07) is 8.14. The van der Waals surface area contributed by atoms with Gasteiger partial charge in [0.25, 0.3) is 5.91 Å². The van der Waals surface area contributed by atoms with Crippen LogP contribution in [0.15, 0.2) is 42.9 Å². The third-order valence-corrected chi connectivity index (χ3v) is 5.51. The largest absolute Gasteiger partial charge is 0.352 e. The minimum atomic E-state index is 0.142. The van der Waals surface area contributed by atoms with Gasteiger partial charge in [-0.1, -0.05) is 18.2 Å². The Labute approximate surface area is 144 Å². The molecule has 4 rings (SSSR count). The average Bonchev–Trinajstić information content (AvgIpc) is 2.98. The topological polar surface area (TPSA) is 49.3 Å². The number of hydrogen-bond acceptors (Lipinski definition) is 5. The van der Waals surface area contributed by atoms with Gasteiger partial charge < -0.3 is 9.80 Å². The second kappa shape index (κ2) is 6.20. The summed E-state index contributed by atoms with van der Waals surface area (Å²) in [6.45, 7) is 5.02. The fraction of sp³-hybridized carbons (Fsp3) is 0.278. The van der Waals surface area contributed by atoms with E-state index in [0.717, 1.165) is 34.7 Å². The van der Waals surface area contributed by atoms with Crippen molar-refractivity contribution in [3.63, 3.8) is 0 Å². The summed E-state index contributed by atoms with van der Waals surface area (Å²) in [6.07, 6.45) is 5.15. The van der Waals surface area contributed by atoms with Gasteiger partial charge in [0.1, 0.15) is 5.82 Å². The van der Waals surface area contributed by atoms with Crippen LogP contribution in [0.2, 0.25) is 0 Å². The third-order valence-electron chi connectivity index (χ3n) is 4.43. The molecule has 0 aliphatic carbocycles. The van der Waals surface area contributed by atoms with E-state index in [1.54, 1.807) is 29.9 Å². The van der Waals surface area contributed by atoms with E-state index in [0.29, 0.717) is 13.1 Å². The van der Waals surface area contributed by atoms with Crippen LogP contribution in [-0.4, -0.2) is 47.0 Å². The molecular weight excluding hydrogens is 320 g/mol. The first-order chi connectivity index (χ1) is 11.7. The first-order valence-corrected chi connectivity index (χ1v) is 8.84. The van der Waals surface area contributed by atoms with E-state index in [1.165, 1.54) is 4.70 Å². The number of aromatic nitrogens is 2. The van der Waals surface area contributed by atoms with Gasteiger partial charge in [0, 0.05) is 53.5 Å². The second-order valence-corrected chi connectivity index (χ2v) is 7.13. The van der Waals surface area contributed by atoms with E-state index in [2.05, 4.69) is 20.9 Å². The fourth-order valence-electron chi connectivity index (χ4n) is 3.18. The van der Waals surface area contributed by atoms with Gasteiger partial charge in [-0.2, -0.15) is 0 Å². The molecule has 0 atom stereocenters. The molecule has 1 aromatic carbocycles. The van der Waals surface area contributed by atoms with Gasteiger partial charge in [0.15, 0.2) is 0 Å². The molecule has 1 amide bonds. The SMILES string of the molecule is Cc1sc2ccccc2c1C(=O)N1CCN(c2cnccn2)CC1. The Morgan fingerprint density at radius 1 is 1.12 bits per heavy atom. The molecule has 122 valence electrons. The minimum Gasteiger partial charge on any atom is -0.352 e. The van der Waals surface area contributed by atoms with Gasteiger partial charge >= 0.3 is 0 Å². The zero-order chi connectivity index (χ0) is 16.5.